The lowest BCUT2D eigenvalue weighted by Crippen LogP contribution is -2.07. The normalized spacial score (nSPS) is 10.6. The summed E-state index contributed by atoms with van der Waals surface area (Å²) in [5.41, 5.74) is 3.37. The van der Waals surface area contributed by atoms with E-state index in [-0.39, 0.29) is 24.1 Å². The van der Waals surface area contributed by atoms with Crippen LogP contribution >= 0.6 is 0 Å². The summed E-state index contributed by atoms with van der Waals surface area (Å²) in [6.07, 6.45) is -0.00226. The number of aryl methyl sites for hydroxylation is 1. The number of fused-ring (bicyclic) bond motifs is 1. The highest BCUT2D eigenvalue weighted by Crippen LogP contribution is 2.30. The number of benzene rings is 2. The fourth-order valence-corrected chi connectivity index (χ4v) is 3.09. The number of Topliss-reactive ketones (excluding diaryl/α,β-unsaturated/α-hetero) is 1. The Bertz CT molecular complexity index is 1130. The summed E-state index contributed by atoms with van der Waals surface area (Å²) < 4.78 is 0. The van der Waals surface area contributed by atoms with E-state index < -0.39 is 17.5 Å². The van der Waals surface area contributed by atoms with Crippen molar-refractivity contribution in [1.29, 1.82) is 5.26 Å². The van der Waals surface area contributed by atoms with Gasteiger partial charge in [0.15, 0.2) is 11.5 Å². The second kappa shape index (κ2) is 7.89. The predicted molar refractivity (Wildman–Crippen MR) is 103 cm³/mol. The largest absolute Gasteiger partial charge is 0.504 e. The number of nitrogens with zero attached hydrogens (tertiary/aromatic N) is 2. The number of hydrogen-bond acceptors (Lipinski definition) is 5. The van der Waals surface area contributed by atoms with Gasteiger partial charge in [0.1, 0.15) is 17.3 Å². The van der Waals surface area contributed by atoms with Crippen LogP contribution in [0.1, 0.15) is 45.6 Å². The van der Waals surface area contributed by atoms with E-state index in [1.807, 2.05) is 43.3 Å². The molecule has 0 saturated heterocycles. The maximum Gasteiger partial charge on any atom is 0.303 e. The highest BCUT2D eigenvalue weighted by atomic mass is 16.4. The van der Waals surface area contributed by atoms with Crippen LogP contribution in [0.4, 0.5) is 0 Å². The number of ketones is 1. The van der Waals surface area contributed by atoms with Crippen molar-refractivity contribution in [2.45, 2.75) is 26.2 Å². The quantitative estimate of drug-likeness (QED) is 0.636. The van der Waals surface area contributed by atoms with Crippen molar-refractivity contribution < 1.29 is 19.8 Å². The fourth-order valence-electron chi connectivity index (χ4n) is 3.09. The average molecular weight is 374 g/mol. The molecule has 0 amide bonds. The van der Waals surface area contributed by atoms with Gasteiger partial charge in [-0.3, -0.25) is 9.59 Å². The lowest BCUT2D eigenvalue weighted by Gasteiger charge is -2.10. The van der Waals surface area contributed by atoms with Crippen molar-refractivity contribution in [3.8, 4) is 11.8 Å². The van der Waals surface area contributed by atoms with Gasteiger partial charge in [-0.2, -0.15) is 5.26 Å². The molecule has 3 rings (SSSR count). The minimum absolute atomic E-state index is 0.0360. The minimum Gasteiger partial charge on any atom is -0.504 e. The van der Waals surface area contributed by atoms with E-state index in [1.54, 1.807) is 12.1 Å². The molecule has 0 saturated carbocycles. The third-order valence-corrected chi connectivity index (χ3v) is 4.62. The first-order chi connectivity index (χ1) is 13.4. The molecule has 0 radical (unpaired) electrons. The molecule has 0 aliphatic heterocycles. The number of carbonyl (C=O) groups is 2. The molecule has 28 heavy (non-hydrogen) atoms. The van der Waals surface area contributed by atoms with E-state index in [1.165, 1.54) is 0 Å². The van der Waals surface area contributed by atoms with Gasteiger partial charge in [-0.1, -0.05) is 36.4 Å². The van der Waals surface area contributed by atoms with Crippen molar-refractivity contribution in [2.75, 3.05) is 0 Å². The predicted octanol–water partition coefficient (Wildman–Crippen LogP) is 3.76. The molecule has 2 N–H and O–H groups in total. The number of carbonyl (C=O) groups excluding carboxylic acids is 1. The molecule has 6 heteroatoms. The molecule has 0 spiro atoms. The van der Waals surface area contributed by atoms with Gasteiger partial charge in [0, 0.05) is 11.8 Å². The minimum atomic E-state index is -1.12. The summed E-state index contributed by atoms with van der Waals surface area (Å²) >= 11 is 0. The second-order valence-corrected chi connectivity index (χ2v) is 6.57. The fraction of sp³-hybridized carbons (Fsp3) is 0.182. The van der Waals surface area contributed by atoms with Gasteiger partial charge in [-0.25, -0.2) is 4.98 Å². The first-order valence-electron chi connectivity index (χ1n) is 8.76. The van der Waals surface area contributed by atoms with Gasteiger partial charge in [0.05, 0.1) is 11.9 Å². The summed E-state index contributed by atoms with van der Waals surface area (Å²) in [6, 6.07) is 15.3. The Morgan fingerprint density at radius 2 is 1.89 bits per heavy atom. The van der Waals surface area contributed by atoms with Crippen LogP contribution < -0.4 is 0 Å². The molecule has 0 bridgehead atoms. The van der Waals surface area contributed by atoms with Crippen molar-refractivity contribution >= 4 is 22.7 Å². The molecular formula is C22H18N2O4. The maximum absolute atomic E-state index is 12.3. The Morgan fingerprint density at radius 1 is 1.14 bits per heavy atom. The molecule has 1 aromatic heterocycles. The van der Waals surface area contributed by atoms with Gasteiger partial charge in [0.2, 0.25) is 0 Å². The maximum atomic E-state index is 12.3. The van der Waals surface area contributed by atoms with Crippen molar-refractivity contribution in [3.63, 3.8) is 0 Å². The third kappa shape index (κ3) is 3.84. The monoisotopic (exact) mass is 374 g/mol. The molecule has 1 heterocycles. The van der Waals surface area contributed by atoms with Crippen LogP contribution in [0.15, 0.2) is 42.5 Å². The van der Waals surface area contributed by atoms with E-state index in [2.05, 4.69) is 4.98 Å². The SMILES string of the molecule is Cc1ccccc1Cc1ccc2c(C#N)c(O)c(C(=O)CCC(=O)O)nc2c1. The number of pyridine rings is 1. The lowest BCUT2D eigenvalue weighted by molar-refractivity contribution is -0.136. The zero-order valence-corrected chi connectivity index (χ0v) is 15.3. The van der Waals surface area contributed by atoms with Crippen LogP contribution in [0.3, 0.4) is 0 Å². The highest BCUT2D eigenvalue weighted by molar-refractivity contribution is 6.02. The Labute approximate surface area is 161 Å². The van der Waals surface area contributed by atoms with Crippen LogP contribution in [0.25, 0.3) is 10.9 Å². The molecule has 140 valence electrons. The van der Waals surface area contributed by atoms with Crippen molar-refractivity contribution in [1.82, 2.24) is 4.98 Å². The summed E-state index contributed by atoms with van der Waals surface area (Å²) in [5, 5.41) is 29.0. The first kappa shape index (κ1) is 19.1. The van der Waals surface area contributed by atoms with Gasteiger partial charge in [0.25, 0.3) is 0 Å². The summed E-state index contributed by atoms with van der Waals surface area (Å²) in [5.74, 6) is -2.23. The van der Waals surface area contributed by atoms with Crippen molar-refractivity contribution in [2.24, 2.45) is 0 Å². The number of carboxylic acid groups (broad SMARTS) is 1. The molecule has 3 aromatic rings. The van der Waals surface area contributed by atoms with E-state index in [0.29, 0.717) is 17.3 Å². The van der Waals surface area contributed by atoms with Crippen molar-refractivity contribution in [3.05, 3.63) is 70.4 Å². The number of carboxylic acids is 1. The molecule has 6 nitrogen and oxygen atoms in total. The molecule has 2 aromatic carbocycles. The van der Waals surface area contributed by atoms with E-state index in [4.69, 9.17) is 5.11 Å². The van der Waals surface area contributed by atoms with Crippen LogP contribution in [-0.2, 0) is 11.2 Å². The Kier molecular flexibility index (Phi) is 5.37. The molecule has 0 aliphatic rings. The van der Waals surface area contributed by atoms with Gasteiger partial charge >= 0.3 is 5.97 Å². The number of hydrogen-bond donors (Lipinski definition) is 2. The van der Waals surface area contributed by atoms with E-state index >= 15 is 0 Å². The average Bonchev–Trinajstić information content (AvgIpc) is 2.67. The smallest absolute Gasteiger partial charge is 0.303 e. The first-order valence-corrected chi connectivity index (χ1v) is 8.76. The van der Waals surface area contributed by atoms with Crippen LogP contribution in [0, 0.1) is 18.3 Å². The summed E-state index contributed by atoms with van der Waals surface area (Å²) in [4.78, 5) is 27.3. The lowest BCUT2D eigenvalue weighted by atomic mass is 9.97. The van der Waals surface area contributed by atoms with Gasteiger partial charge < -0.3 is 10.2 Å². The zero-order chi connectivity index (χ0) is 20.3. The van der Waals surface area contributed by atoms with E-state index in [9.17, 15) is 20.0 Å². The number of aromatic nitrogens is 1. The number of aromatic hydroxyl groups is 1. The number of rotatable bonds is 6. The van der Waals surface area contributed by atoms with Crippen LogP contribution in [-0.4, -0.2) is 26.9 Å². The van der Waals surface area contributed by atoms with Crippen LogP contribution in [0.5, 0.6) is 5.75 Å². The van der Waals surface area contributed by atoms with Gasteiger partial charge in [-0.15, -0.1) is 0 Å². The standard InChI is InChI=1S/C22H18N2O4/c1-13-4-2-3-5-15(13)10-14-6-7-16-17(12-23)22(28)21(24-18(16)11-14)19(25)8-9-20(26)27/h2-7,11,28H,8-10H2,1H3,(H,26,27). The molecular weight excluding hydrogens is 356 g/mol. The zero-order valence-electron chi connectivity index (χ0n) is 15.3. The molecule has 0 fully saturated rings. The second-order valence-electron chi connectivity index (χ2n) is 6.57. The molecule has 0 aliphatic carbocycles. The molecule has 0 atom stereocenters. The Morgan fingerprint density at radius 3 is 2.57 bits per heavy atom. The Balaban J connectivity index is 2.05. The topological polar surface area (TPSA) is 111 Å². The molecule has 0 unspecified atom stereocenters. The summed E-state index contributed by atoms with van der Waals surface area (Å²) in [7, 11) is 0. The number of nitriles is 1. The van der Waals surface area contributed by atoms with Crippen LogP contribution in [0.2, 0.25) is 0 Å². The highest BCUT2D eigenvalue weighted by Gasteiger charge is 2.20. The third-order valence-electron chi connectivity index (χ3n) is 4.62. The Hall–Kier alpha value is -3.72. The van der Waals surface area contributed by atoms with E-state index in [0.717, 1.165) is 16.7 Å². The number of aliphatic carboxylic acids is 1. The summed E-state index contributed by atoms with van der Waals surface area (Å²) in [6.45, 7) is 2.03. The van der Waals surface area contributed by atoms with Gasteiger partial charge in [-0.05, 0) is 36.1 Å².